The lowest BCUT2D eigenvalue weighted by molar-refractivity contribution is -0.385. The predicted octanol–water partition coefficient (Wildman–Crippen LogP) is 6.55. The number of carbonyl (C=O) groups excluding carboxylic acids is 1. The molecule has 9 heteroatoms. The Morgan fingerprint density at radius 2 is 1.16 bits per heavy atom. The molecule has 9 nitrogen and oxygen atoms in total. The van der Waals surface area contributed by atoms with Crippen LogP contribution in [0.15, 0.2) is 36.4 Å². The number of unbranched alkanes of at least 4 members (excludes halogenated alkanes) is 4. The van der Waals surface area contributed by atoms with Gasteiger partial charge in [0.15, 0.2) is 0 Å². The summed E-state index contributed by atoms with van der Waals surface area (Å²) in [4.78, 5) is 33.7. The van der Waals surface area contributed by atoms with Crippen molar-refractivity contribution in [3.63, 3.8) is 0 Å². The molecular weight excluding hydrogens is 416 g/mol. The zero-order chi connectivity index (χ0) is 23.5. The maximum Gasteiger partial charge on any atom is 0.519 e. The predicted molar refractivity (Wildman–Crippen MR) is 119 cm³/mol. The molecule has 0 aromatic heterocycles. The van der Waals surface area contributed by atoms with E-state index in [1.165, 1.54) is 36.4 Å². The summed E-state index contributed by atoms with van der Waals surface area (Å²) in [7, 11) is 0. The Balaban J connectivity index is 2.20. The Hall–Kier alpha value is -3.49. The van der Waals surface area contributed by atoms with E-state index >= 15 is 0 Å². The lowest BCUT2D eigenvalue weighted by Gasteiger charge is -2.12. The average molecular weight is 444 g/mol. The topological polar surface area (TPSA) is 122 Å². The Morgan fingerprint density at radius 1 is 0.750 bits per heavy atom. The van der Waals surface area contributed by atoms with Gasteiger partial charge >= 0.3 is 6.16 Å². The quantitative estimate of drug-likeness (QED) is 0.120. The van der Waals surface area contributed by atoms with Crippen molar-refractivity contribution in [1.82, 2.24) is 0 Å². The molecule has 0 radical (unpaired) electrons. The molecule has 172 valence electrons. The second-order valence-corrected chi connectivity index (χ2v) is 7.47. The molecule has 2 aromatic rings. The van der Waals surface area contributed by atoms with Crippen LogP contribution in [0.4, 0.5) is 16.2 Å². The van der Waals surface area contributed by atoms with Crippen molar-refractivity contribution in [3.8, 4) is 11.5 Å². The number of aryl methyl sites for hydroxylation is 2. The molecule has 0 unspecified atom stereocenters. The van der Waals surface area contributed by atoms with Crippen LogP contribution in [0.5, 0.6) is 11.5 Å². The number of nitro benzene ring substituents is 2. The fourth-order valence-corrected chi connectivity index (χ4v) is 3.28. The summed E-state index contributed by atoms with van der Waals surface area (Å²) < 4.78 is 10.7. The lowest BCUT2D eigenvalue weighted by Crippen LogP contribution is -2.16. The molecule has 0 spiro atoms. The van der Waals surface area contributed by atoms with Gasteiger partial charge in [-0.25, -0.2) is 4.79 Å². The van der Waals surface area contributed by atoms with Crippen molar-refractivity contribution in [3.05, 3.63) is 67.8 Å². The third kappa shape index (κ3) is 7.33. The third-order valence-electron chi connectivity index (χ3n) is 5.00. The van der Waals surface area contributed by atoms with Crippen LogP contribution in [0.1, 0.15) is 63.5 Å². The number of nitro groups is 2. The Kier molecular flexibility index (Phi) is 9.59. The highest BCUT2D eigenvalue weighted by atomic mass is 16.7. The van der Waals surface area contributed by atoms with Crippen LogP contribution in [0.2, 0.25) is 0 Å². The largest absolute Gasteiger partial charge is 0.519 e. The monoisotopic (exact) mass is 444 g/mol. The summed E-state index contributed by atoms with van der Waals surface area (Å²) in [6.45, 7) is 4.09. The summed E-state index contributed by atoms with van der Waals surface area (Å²) in [6, 6.07) is 8.12. The van der Waals surface area contributed by atoms with Crippen LogP contribution in [-0.4, -0.2) is 16.0 Å². The number of benzene rings is 2. The number of rotatable bonds is 12. The van der Waals surface area contributed by atoms with Crippen LogP contribution in [0.25, 0.3) is 0 Å². The van der Waals surface area contributed by atoms with E-state index in [1.54, 1.807) is 0 Å². The highest BCUT2D eigenvalue weighted by molar-refractivity contribution is 5.69. The van der Waals surface area contributed by atoms with E-state index in [9.17, 15) is 25.0 Å². The van der Waals surface area contributed by atoms with Gasteiger partial charge in [0.05, 0.1) is 9.85 Å². The van der Waals surface area contributed by atoms with Crippen molar-refractivity contribution >= 4 is 17.5 Å². The van der Waals surface area contributed by atoms with Crippen molar-refractivity contribution in [1.29, 1.82) is 0 Å². The number of nitrogens with zero attached hydrogens (tertiary/aromatic N) is 2. The second kappa shape index (κ2) is 12.4. The number of hydrogen-bond donors (Lipinski definition) is 0. The van der Waals surface area contributed by atoms with Gasteiger partial charge < -0.3 is 9.47 Å². The number of ether oxygens (including phenoxy) is 2. The molecular formula is C23H28N2O7. The summed E-state index contributed by atoms with van der Waals surface area (Å²) in [6.07, 6.45) is 5.49. The van der Waals surface area contributed by atoms with E-state index in [-0.39, 0.29) is 22.9 Å². The second-order valence-electron chi connectivity index (χ2n) is 7.47. The molecule has 0 aliphatic carbocycles. The molecule has 0 saturated heterocycles. The Labute approximate surface area is 186 Å². The maximum absolute atomic E-state index is 12.5. The highest BCUT2D eigenvalue weighted by Gasteiger charge is 2.18. The van der Waals surface area contributed by atoms with E-state index in [1.807, 2.05) is 13.8 Å². The summed E-state index contributed by atoms with van der Waals surface area (Å²) >= 11 is 0. The molecule has 0 atom stereocenters. The van der Waals surface area contributed by atoms with E-state index in [4.69, 9.17) is 9.47 Å². The fraction of sp³-hybridized carbons (Fsp3) is 0.435. The fourth-order valence-electron chi connectivity index (χ4n) is 3.28. The summed E-state index contributed by atoms with van der Waals surface area (Å²) in [5.74, 6) is 0.400. The minimum atomic E-state index is -0.999. The van der Waals surface area contributed by atoms with Gasteiger partial charge in [0.1, 0.15) is 11.5 Å². The van der Waals surface area contributed by atoms with Crippen molar-refractivity contribution in [2.75, 3.05) is 0 Å². The Morgan fingerprint density at radius 3 is 1.50 bits per heavy atom. The van der Waals surface area contributed by atoms with Gasteiger partial charge in [0, 0.05) is 35.4 Å². The smallest absolute Gasteiger partial charge is 0.394 e. The van der Waals surface area contributed by atoms with E-state index in [0.29, 0.717) is 24.0 Å². The molecule has 0 bridgehead atoms. The van der Waals surface area contributed by atoms with Crippen LogP contribution in [-0.2, 0) is 12.8 Å². The molecule has 2 aromatic carbocycles. The van der Waals surface area contributed by atoms with Gasteiger partial charge in [0.2, 0.25) is 0 Å². The number of hydrogen-bond acceptors (Lipinski definition) is 7. The van der Waals surface area contributed by atoms with Gasteiger partial charge in [-0.3, -0.25) is 20.2 Å². The van der Waals surface area contributed by atoms with Gasteiger partial charge in [-0.15, -0.1) is 0 Å². The summed E-state index contributed by atoms with van der Waals surface area (Å²) in [5.41, 5.74) is 0.949. The maximum atomic E-state index is 12.5. The molecule has 2 rings (SSSR count). The molecule has 0 heterocycles. The van der Waals surface area contributed by atoms with Gasteiger partial charge in [-0.05, 0) is 37.8 Å². The standard InChI is InChI=1S/C23H28N2O7/c1-3-5-7-9-17-15-19(24(27)28)11-13-21(17)31-23(26)32-22-14-12-20(25(29)30)16-18(22)10-8-6-4-2/h11-16H,3-10H2,1-2H3. The lowest BCUT2D eigenvalue weighted by atomic mass is 10.1. The van der Waals surface area contributed by atoms with Crippen LogP contribution >= 0.6 is 0 Å². The van der Waals surface area contributed by atoms with Gasteiger partial charge in [-0.2, -0.15) is 0 Å². The van der Waals surface area contributed by atoms with E-state index < -0.39 is 16.0 Å². The number of carbonyl (C=O) groups is 1. The molecule has 0 N–H and O–H groups in total. The van der Waals surface area contributed by atoms with Crippen LogP contribution in [0.3, 0.4) is 0 Å². The average Bonchev–Trinajstić information content (AvgIpc) is 2.75. The highest BCUT2D eigenvalue weighted by Crippen LogP contribution is 2.29. The minimum absolute atomic E-state index is 0.0780. The first kappa shape index (κ1) is 24.8. The third-order valence-corrected chi connectivity index (χ3v) is 5.00. The van der Waals surface area contributed by atoms with E-state index in [0.717, 1.165) is 38.5 Å². The van der Waals surface area contributed by atoms with Crippen molar-refractivity contribution < 1.29 is 24.1 Å². The molecule has 32 heavy (non-hydrogen) atoms. The molecule has 0 fully saturated rings. The van der Waals surface area contributed by atoms with Crippen molar-refractivity contribution in [2.45, 2.75) is 65.2 Å². The first-order chi connectivity index (χ1) is 15.3. The number of non-ortho nitro benzene ring substituents is 2. The zero-order valence-electron chi connectivity index (χ0n) is 18.4. The van der Waals surface area contributed by atoms with Crippen LogP contribution in [0, 0.1) is 20.2 Å². The zero-order valence-corrected chi connectivity index (χ0v) is 18.4. The minimum Gasteiger partial charge on any atom is -0.394 e. The van der Waals surface area contributed by atoms with Gasteiger partial charge in [0.25, 0.3) is 11.4 Å². The normalized spacial score (nSPS) is 10.6. The molecule has 0 aliphatic rings. The van der Waals surface area contributed by atoms with Gasteiger partial charge in [-0.1, -0.05) is 39.5 Å². The summed E-state index contributed by atoms with van der Waals surface area (Å²) in [5, 5.41) is 22.2. The van der Waals surface area contributed by atoms with Crippen molar-refractivity contribution in [2.24, 2.45) is 0 Å². The molecule has 0 saturated carbocycles. The van der Waals surface area contributed by atoms with Crippen LogP contribution < -0.4 is 9.47 Å². The molecule has 0 amide bonds. The van der Waals surface area contributed by atoms with E-state index in [2.05, 4.69) is 0 Å². The first-order valence-corrected chi connectivity index (χ1v) is 10.8. The first-order valence-electron chi connectivity index (χ1n) is 10.8. The SMILES string of the molecule is CCCCCc1cc([N+](=O)[O-])ccc1OC(=O)Oc1ccc([N+](=O)[O-])cc1CCCCC. The Bertz CT molecular complexity index is 884. The molecule has 0 aliphatic heterocycles.